The van der Waals surface area contributed by atoms with Crippen LogP contribution >= 0.6 is 0 Å². The van der Waals surface area contributed by atoms with Crippen LogP contribution in [0, 0.1) is 5.92 Å². The van der Waals surface area contributed by atoms with E-state index < -0.39 is 10.0 Å². The Bertz CT molecular complexity index is 1110. The van der Waals surface area contributed by atoms with Crippen molar-refractivity contribution < 1.29 is 13.2 Å². The zero-order valence-corrected chi connectivity index (χ0v) is 16.7. The van der Waals surface area contributed by atoms with E-state index in [1.54, 1.807) is 28.6 Å². The monoisotopic (exact) mass is 413 g/mol. The van der Waals surface area contributed by atoms with E-state index in [0.717, 1.165) is 12.8 Å². The number of rotatable bonds is 5. The summed E-state index contributed by atoms with van der Waals surface area (Å²) in [4.78, 5) is 8.54. The third-order valence-electron chi connectivity index (χ3n) is 5.16. The molecule has 2 heterocycles. The maximum atomic E-state index is 12.7. The molecule has 0 aliphatic carbocycles. The SMILES string of the molecule is Nc1nc(N)c2c(OCC3CCN(S(=O)(=O)c4ccccc4)CC3)cccc2n1. The predicted octanol–water partition coefficient (Wildman–Crippen LogP) is 2.27. The first-order valence-electron chi connectivity index (χ1n) is 9.45. The summed E-state index contributed by atoms with van der Waals surface area (Å²) >= 11 is 0. The molecule has 0 atom stereocenters. The molecule has 3 aromatic rings. The van der Waals surface area contributed by atoms with Gasteiger partial charge < -0.3 is 16.2 Å². The summed E-state index contributed by atoms with van der Waals surface area (Å²) in [5.74, 6) is 1.27. The zero-order valence-electron chi connectivity index (χ0n) is 15.9. The number of sulfonamides is 1. The zero-order chi connectivity index (χ0) is 20.4. The molecule has 0 bridgehead atoms. The molecular formula is C20H23N5O3S. The summed E-state index contributed by atoms with van der Waals surface area (Å²) in [7, 11) is -3.44. The van der Waals surface area contributed by atoms with Gasteiger partial charge in [-0.15, -0.1) is 0 Å². The van der Waals surface area contributed by atoms with Crippen LogP contribution in [0.15, 0.2) is 53.4 Å². The number of fused-ring (bicyclic) bond motifs is 1. The second-order valence-electron chi connectivity index (χ2n) is 7.09. The van der Waals surface area contributed by atoms with Gasteiger partial charge >= 0.3 is 0 Å². The van der Waals surface area contributed by atoms with Crippen molar-refractivity contribution >= 4 is 32.7 Å². The number of aromatic nitrogens is 2. The predicted molar refractivity (Wildman–Crippen MR) is 112 cm³/mol. The van der Waals surface area contributed by atoms with Gasteiger partial charge in [-0.05, 0) is 43.0 Å². The van der Waals surface area contributed by atoms with Gasteiger partial charge in [0.25, 0.3) is 0 Å². The molecule has 152 valence electrons. The van der Waals surface area contributed by atoms with Crippen LogP contribution in [-0.4, -0.2) is 42.4 Å². The molecule has 1 aliphatic rings. The fourth-order valence-electron chi connectivity index (χ4n) is 3.58. The number of nitrogen functional groups attached to an aromatic ring is 2. The highest BCUT2D eigenvalue weighted by Crippen LogP contribution is 2.30. The molecule has 0 saturated carbocycles. The van der Waals surface area contributed by atoms with Crippen molar-refractivity contribution in [3.05, 3.63) is 48.5 Å². The Morgan fingerprint density at radius 1 is 1.00 bits per heavy atom. The minimum atomic E-state index is -3.44. The van der Waals surface area contributed by atoms with Crippen molar-refractivity contribution in [3.8, 4) is 5.75 Å². The van der Waals surface area contributed by atoms with E-state index in [1.807, 2.05) is 24.3 Å². The van der Waals surface area contributed by atoms with E-state index in [0.29, 0.717) is 41.2 Å². The summed E-state index contributed by atoms with van der Waals surface area (Å²) in [6.45, 7) is 1.42. The molecule has 0 spiro atoms. The fraction of sp³-hybridized carbons (Fsp3) is 0.300. The quantitative estimate of drug-likeness (QED) is 0.657. The van der Waals surface area contributed by atoms with Crippen LogP contribution in [-0.2, 0) is 10.0 Å². The minimum absolute atomic E-state index is 0.124. The van der Waals surface area contributed by atoms with Crippen LogP contribution < -0.4 is 16.2 Å². The van der Waals surface area contributed by atoms with Gasteiger partial charge in [-0.1, -0.05) is 24.3 Å². The van der Waals surface area contributed by atoms with Crippen molar-refractivity contribution in [2.24, 2.45) is 5.92 Å². The molecule has 1 aromatic heterocycles. The molecule has 1 aliphatic heterocycles. The number of nitrogens with two attached hydrogens (primary N) is 2. The Labute approximate surface area is 169 Å². The van der Waals surface area contributed by atoms with Crippen LogP contribution in [0.4, 0.5) is 11.8 Å². The standard InChI is InChI=1S/C20H23N5O3S/c21-19-18-16(23-20(22)24-19)7-4-8-17(18)28-13-14-9-11-25(12-10-14)29(26,27)15-5-2-1-3-6-15/h1-8,14H,9-13H2,(H4,21,22,23,24). The lowest BCUT2D eigenvalue weighted by atomic mass is 9.99. The largest absolute Gasteiger partial charge is 0.492 e. The Balaban J connectivity index is 1.41. The summed E-state index contributed by atoms with van der Waals surface area (Å²) in [6.07, 6.45) is 1.46. The van der Waals surface area contributed by atoms with Crippen molar-refractivity contribution in [3.63, 3.8) is 0 Å². The average molecular weight is 414 g/mol. The van der Waals surface area contributed by atoms with Crippen molar-refractivity contribution in [2.45, 2.75) is 17.7 Å². The lowest BCUT2D eigenvalue weighted by molar-refractivity contribution is 0.186. The molecule has 0 radical (unpaired) electrons. The number of nitrogens with zero attached hydrogens (tertiary/aromatic N) is 3. The first-order chi connectivity index (χ1) is 13.9. The van der Waals surface area contributed by atoms with Crippen molar-refractivity contribution in [2.75, 3.05) is 31.2 Å². The third kappa shape index (κ3) is 3.96. The number of ether oxygens (including phenoxy) is 1. The second kappa shape index (κ2) is 7.84. The van der Waals surface area contributed by atoms with E-state index in [-0.39, 0.29) is 17.7 Å². The molecule has 2 aromatic carbocycles. The van der Waals surface area contributed by atoms with E-state index in [9.17, 15) is 8.42 Å². The Hall–Kier alpha value is -2.91. The van der Waals surface area contributed by atoms with Gasteiger partial charge in [0.2, 0.25) is 16.0 Å². The molecule has 0 amide bonds. The molecular weight excluding hydrogens is 390 g/mol. The van der Waals surface area contributed by atoms with Gasteiger partial charge in [-0.3, -0.25) is 0 Å². The number of anilines is 2. The van der Waals surface area contributed by atoms with Gasteiger partial charge in [-0.25, -0.2) is 13.4 Å². The number of benzene rings is 2. The molecule has 0 unspecified atom stereocenters. The number of hydrogen-bond acceptors (Lipinski definition) is 7. The van der Waals surface area contributed by atoms with E-state index >= 15 is 0 Å². The minimum Gasteiger partial charge on any atom is -0.492 e. The summed E-state index contributed by atoms with van der Waals surface area (Å²) in [6, 6.07) is 14.0. The highest BCUT2D eigenvalue weighted by atomic mass is 32.2. The topological polar surface area (TPSA) is 124 Å². The molecule has 9 heteroatoms. The summed E-state index contributed by atoms with van der Waals surface area (Å²) in [5, 5.41) is 0.644. The van der Waals surface area contributed by atoms with E-state index in [4.69, 9.17) is 16.2 Å². The van der Waals surface area contributed by atoms with Gasteiger partial charge in [-0.2, -0.15) is 9.29 Å². The Kier molecular flexibility index (Phi) is 5.25. The fourth-order valence-corrected chi connectivity index (χ4v) is 5.07. The van der Waals surface area contributed by atoms with Crippen molar-refractivity contribution in [1.29, 1.82) is 0 Å². The lowest BCUT2D eigenvalue weighted by Gasteiger charge is -2.31. The number of hydrogen-bond donors (Lipinski definition) is 2. The van der Waals surface area contributed by atoms with E-state index in [1.165, 1.54) is 0 Å². The lowest BCUT2D eigenvalue weighted by Crippen LogP contribution is -2.39. The van der Waals surface area contributed by atoms with Gasteiger partial charge in [0.05, 0.1) is 22.4 Å². The van der Waals surface area contributed by atoms with Crippen LogP contribution in [0.5, 0.6) is 5.75 Å². The average Bonchev–Trinajstić information content (AvgIpc) is 2.72. The second-order valence-corrected chi connectivity index (χ2v) is 9.03. The molecule has 1 saturated heterocycles. The van der Waals surface area contributed by atoms with Gasteiger partial charge in [0.15, 0.2) is 0 Å². The highest BCUT2D eigenvalue weighted by molar-refractivity contribution is 7.89. The highest BCUT2D eigenvalue weighted by Gasteiger charge is 2.29. The molecule has 4 rings (SSSR count). The molecule has 1 fully saturated rings. The first kappa shape index (κ1) is 19.4. The smallest absolute Gasteiger partial charge is 0.243 e. The Morgan fingerprint density at radius 2 is 1.72 bits per heavy atom. The molecule has 8 nitrogen and oxygen atoms in total. The van der Waals surface area contributed by atoms with Gasteiger partial charge in [0.1, 0.15) is 11.6 Å². The Morgan fingerprint density at radius 3 is 2.45 bits per heavy atom. The van der Waals surface area contributed by atoms with Crippen LogP contribution in [0.3, 0.4) is 0 Å². The van der Waals surface area contributed by atoms with Crippen LogP contribution in [0.25, 0.3) is 10.9 Å². The molecule has 4 N–H and O–H groups in total. The van der Waals surface area contributed by atoms with Crippen LogP contribution in [0.1, 0.15) is 12.8 Å². The first-order valence-corrected chi connectivity index (χ1v) is 10.9. The van der Waals surface area contributed by atoms with Crippen molar-refractivity contribution in [1.82, 2.24) is 14.3 Å². The van der Waals surface area contributed by atoms with E-state index in [2.05, 4.69) is 9.97 Å². The summed E-state index contributed by atoms with van der Waals surface area (Å²) < 4.78 is 33.0. The third-order valence-corrected chi connectivity index (χ3v) is 7.07. The normalized spacial score (nSPS) is 16.1. The van der Waals surface area contributed by atoms with Crippen LogP contribution in [0.2, 0.25) is 0 Å². The summed E-state index contributed by atoms with van der Waals surface area (Å²) in [5.41, 5.74) is 12.3. The number of piperidine rings is 1. The molecule has 29 heavy (non-hydrogen) atoms. The maximum absolute atomic E-state index is 12.7. The van der Waals surface area contributed by atoms with Gasteiger partial charge in [0, 0.05) is 13.1 Å². The maximum Gasteiger partial charge on any atom is 0.243 e.